The van der Waals surface area contributed by atoms with Gasteiger partial charge in [0.15, 0.2) is 0 Å². The van der Waals surface area contributed by atoms with E-state index in [4.69, 9.17) is 0 Å². The summed E-state index contributed by atoms with van der Waals surface area (Å²) in [6.45, 7) is 0. The number of benzene rings is 1. The van der Waals surface area contributed by atoms with Crippen LogP contribution >= 0.6 is 0 Å². The summed E-state index contributed by atoms with van der Waals surface area (Å²) < 4.78 is 27.0. The zero-order chi connectivity index (χ0) is 12.0. The molecule has 0 saturated carbocycles. The molecule has 1 N–H and O–H groups in total. The largest absolute Gasteiger partial charge is 0.387 e. The lowest BCUT2D eigenvalue weighted by atomic mass is 10.1. The topological polar surface area (TPSA) is 24.9 Å². The van der Waals surface area contributed by atoms with E-state index in [9.17, 15) is 8.78 Å². The van der Waals surface area contributed by atoms with Gasteiger partial charge >= 0.3 is 0 Å². The predicted molar refractivity (Wildman–Crippen MR) is 63.2 cm³/mol. The quantitative estimate of drug-likeness (QED) is 0.820. The molecule has 3 rings (SSSR count). The Morgan fingerprint density at radius 1 is 1.24 bits per heavy atom. The van der Waals surface area contributed by atoms with E-state index in [0.717, 1.165) is 42.3 Å². The Labute approximate surface area is 97.7 Å². The fourth-order valence-electron chi connectivity index (χ4n) is 2.59. The highest BCUT2D eigenvalue weighted by Crippen LogP contribution is 2.35. The van der Waals surface area contributed by atoms with Gasteiger partial charge in [-0.05, 0) is 24.8 Å². The van der Waals surface area contributed by atoms with Gasteiger partial charge in [-0.15, -0.1) is 0 Å². The van der Waals surface area contributed by atoms with Crippen LogP contribution in [0.15, 0.2) is 12.1 Å². The summed E-state index contributed by atoms with van der Waals surface area (Å²) in [5.74, 6) is -1.13. The first-order valence-electron chi connectivity index (χ1n) is 5.69. The molecule has 0 radical (unpaired) electrons. The van der Waals surface area contributed by atoms with Gasteiger partial charge in [0.2, 0.25) is 0 Å². The summed E-state index contributed by atoms with van der Waals surface area (Å²) in [5, 5.41) is 3.43. The van der Waals surface area contributed by atoms with Gasteiger partial charge in [0.1, 0.15) is 11.6 Å². The minimum Gasteiger partial charge on any atom is -0.387 e. The van der Waals surface area contributed by atoms with Gasteiger partial charge in [-0.25, -0.2) is 8.78 Å². The van der Waals surface area contributed by atoms with Gasteiger partial charge in [0, 0.05) is 24.9 Å². The van der Waals surface area contributed by atoms with Crippen molar-refractivity contribution in [1.82, 2.24) is 4.98 Å². The summed E-state index contributed by atoms with van der Waals surface area (Å²) in [5.41, 5.74) is 3.20. The third kappa shape index (κ3) is 1.47. The molecule has 1 heterocycles. The average Bonchev–Trinajstić information content (AvgIpc) is 2.73. The number of anilines is 1. The molecule has 0 fully saturated rings. The van der Waals surface area contributed by atoms with Crippen molar-refractivity contribution in [3.63, 3.8) is 0 Å². The van der Waals surface area contributed by atoms with Crippen LogP contribution in [-0.4, -0.2) is 12.0 Å². The van der Waals surface area contributed by atoms with E-state index < -0.39 is 11.6 Å². The molecule has 0 amide bonds. The first-order valence-corrected chi connectivity index (χ1v) is 5.69. The second-order valence-electron chi connectivity index (χ2n) is 4.30. The molecule has 1 aromatic carbocycles. The van der Waals surface area contributed by atoms with Crippen LogP contribution < -0.4 is 5.32 Å². The minimum absolute atomic E-state index is 0.396. The standard InChI is InChI=1S/C13H12F2N2/c1-16-13-8-3-2-4-10(8)17-11-6-7(14)5-9(15)12(11)13/h5-6H,2-4H2,1H3,(H,16,17). The summed E-state index contributed by atoms with van der Waals surface area (Å²) in [4.78, 5) is 4.37. The molecule has 0 saturated heterocycles. The first-order chi connectivity index (χ1) is 8.20. The molecule has 0 atom stereocenters. The van der Waals surface area contributed by atoms with Crippen LogP contribution in [0.5, 0.6) is 0 Å². The zero-order valence-electron chi connectivity index (χ0n) is 9.48. The maximum absolute atomic E-state index is 13.8. The fourth-order valence-corrected chi connectivity index (χ4v) is 2.59. The maximum Gasteiger partial charge on any atom is 0.137 e. The van der Waals surface area contributed by atoms with E-state index in [1.54, 1.807) is 7.05 Å². The lowest BCUT2D eigenvalue weighted by molar-refractivity contribution is 0.591. The number of hydrogen-bond donors (Lipinski definition) is 1. The van der Waals surface area contributed by atoms with Crippen molar-refractivity contribution >= 4 is 16.6 Å². The molecule has 0 aliphatic heterocycles. The molecular weight excluding hydrogens is 222 g/mol. The van der Waals surface area contributed by atoms with E-state index in [-0.39, 0.29) is 0 Å². The van der Waals surface area contributed by atoms with Gasteiger partial charge in [0.05, 0.1) is 16.6 Å². The highest BCUT2D eigenvalue weighted by Gasteiger charge is 2.21. The van der Waals surface area contributed by atoms with E-state index >= 15 is 0 Å². The van der Waals surface area contributed by atoms with Gasteiger partial charge < -0.3 is 5.32 Å². The predicted octanol–water partition coefficient (Wildman–Crippen LogP) is 3.04. The Bertz CT molecular complexity index is 608. The highest BCUT2D eigenvalue weighted by atomic mass is 19.1. The molecule has 0 unspecified atom stereocenters. The smallest absolute Gasteiger partial charge is 0.137 e. The van der Waals surface area contributed by atoms with E-state index in [1.165, 1.54) is 6.07 Å². The van der Waals surface area contributed by atoms with Crippen molar-refractivity contribution in [2.75, 3.05) is 12.4 Å². The molecule has 1 aliphatic rings. The Morgan fingerprint density at radius 2 is 2.06 bits per heavy atom. The van der Waals surface area contributed by atoms with Gasteiger partial charge in [-0.3, -0.25) is 4.98 Å². The number of aromatic nitrogens is 1. The first kappa shape index (κ1) is 10.4. The van der Waals surface area contributed by atoms with Crippen LogP contribution in [0.2, 0.25) is 0 Å². The van der Waals surface area contributed by atoms with Gasteiger partial charge in [-0.1, -0.05) is 0 Å². The van der Waals surface area contributed by atoms with Crippen molar-refractivity contribution in [3.8, 4) is 0 Å². The number of rotatable bonds is 1. The van der Waals surface area contributed by atoms with Gasteiger partial charge in [-0.2, -0.15) is 0 Å². The minimum atomic E-state index is -0.581. The molecule has 17 heavy (non-hydrogen) atoms. The normalized spacial score (nSPS) is 14.1. The van der Waals surface area contributed by atoms with Crippen molar-refractivity contribution in [1.29, 1.82) is 0 Å². The number of aryl methyl sites for hydroxylation is 1. The summed E-state index contributed by atoms with van der Waals surface area (Å²) in [6, 6.07) is 2.20. The Morgan fingerprint density at radius 3 is 2.82 bits per heavy atom. The van der Waals surface area contributed by atoms with Crippen LogP contribution in [0.25, 0.3) is 10.9 Å². The number of pyridine rings is 1. The molecule has 1 aromatic heterocycles. The monoisotopic (exact) mass is 234 g/mol. The number of hydrogen-bond acceptors (Lipinski definition) is 2. The fraction of sp³-hybridized carbons (Fsp3) is 0.308. The molecule has 0 bridgehead atoms. The number of fused-ring (bicyclic) bond motifs is 2. The molecule has 2 aromatic rings. The van der Waals surface area contributed by atoms with Crippen LogP contribution in [0.3, 0.4) is 0 Å². The number of nitrogens with one attached hydrogen (secondary N) is 1. The second kappa shape index (κ2) is 3.65. The molecule has 1 aliphatic carbocycles. The average molecular weight is 234 g/mol. The van der Waals surface area contributed by atoms with Crippen molar-refractivity contribution < 1.29 is 8.78 Å². The zero-order valence-corrected chi connectivity index (χ0v) is 9.48. The van der Waals surface area contributed by atoms with Crippen LogP contribution in [0.1, 0.15) is 17.7 Å². The van der Waals surface area contributed by atoms with Crippen LogP contribution in [-0.2, 0) is 12.8 Å². The summed E-state index contributed by atoms with van der Waals surface area (Å²) >= 11 is 0. The van der Waals surface area contributed by atoms with Crippen LogP contribution in [0.4, 0.5) is 14.5 Å². The molecular formula is C13H12F2N2. The number of halogens is 2. The molecule has 0 spiro atoms. The second-order valence-corrected chi connectivity index (χ2v) is 4.30. The summed E-state index contributed by atoms with van der Waals surface area (Å²) in [7, 11) is 1.76. The molecule has 4 heteroatoms. The lowest BCUT2D eigenvalue weighted by Gasteiger charge is -2.12. The van der Waals surface area contributed by atoms with E-state index in [1.807, 2.05) is 0 Å². The number of nitrogens with zero attached hydrogens (tertiary/aromatic N) is 1. The molecule has 88 valence electrons. The lowest BCUT2D eigenvalue weighted by Crippen LogP contribution is -2.01. The molecule has 2 nitrogen and oxygen atoms in total. The third-order valence-electron chi connectivity index (χ3n) is 3.28. The van der Waals surface area contributed by atoms with E-state index in [2.05, 4.69) is 10.3 Å². The van der Waals surface area contributed by atoms with Crippen molar-refractivity contribution in [2.45, 2.75) is 19.3 Å². The maximum atomic E-state index is 13.8. The van der Waals surface area contributed by atoms with Crippen LogP contribution in [0, 0.1) is 11.6 Å². The van der Waals surface area contributed by atoms with Crippen molar-refractivity contribution in [2.24, 2.45) is 0 Å². The summed E-state index contributed by atoms with van der Waals surface area (Å²) in [6.07, 6.45) is 2.82. The Hall–Kier alpha value is -1.71. The van der Waals surface area contributed by atoms with E-state index in [0.29, 0.717) is 10.9 Å². The van der Waals surface area contributed by atoms with Crippen molar-refractivity contribution in [3.05, 3.63) is 35.0 Å². The SMILES string of the molecule is CNc1c2c(nc3cc(F)cc(F)c13)CCC2. The Kier molecular flexibility index (Phi) is 2.24. The van der Waals surface area contributed by atoms with Gasteiger partial charge in [0.25, 0.3) is 0 Å². The highest BCUT2D eigenvalue weighted by molar-refractivity contribution is 5.94. The Balaban J connectivity index is 2.45. The third-order valence-corrected chi connectivity index (χ3v) is 3.28.